The number of hydrogen-bond donors (Lipinski definition) is 1. The summed E-state index contributed by atoms with van der Waals surface area (Å²) in [6, 6.07) is 25.6. The van der Waals surface area contributed by atoms with Gasteiger partial charge in [-0.1, -0.05) is 72.3 Å². The van der Waals surface area contributed by atoms with Crippen LogP contribution in [0.25, 0.3) is 32.5 Å². The minimum Gasteiger partial charge on any atom is -0.331 e. The Kier molecular flexibility index (Phi) is 7.91. The number of hydrogen-bond acceptors (Lipinski definition) is 5. The van der Waals surface area contributed by atoms with Crippen LogP contribution in [0.1, 0.15) is 40.9 Å². The summed E-state index contributed by atoms with van der Waals surface area (Å²) in [6.07, 6.45) is 9.25. The molecule has 5 nitrogen and oxygen atoms in total. The maximum Gasteiger partial charge on any atom is 0.266 e. The topological polar surface area (TPSA) is 58.1 Å². The molecule has 5 aromatic rings. The van der Waals surface area contributed by atoms with Crippen LogP contribution in [0.5, 0.6) is 0 Å². The SMILES string of the molecule is CNC1CCC(N(Cc2ccc(-c3cccc(-c4cnccn4)c3)cc2)C(=O)c2sc3ccccc3c2Cl)CC1. The van der Waals surface area contributed by atoms with Crippen LogP contribution < -0.4 is 5.32 Å². The molecule has 6 rings (SSSR count). The minimum absolute atomic E-state index is 0.0276. The van der Waals surface area contributed by atoms with E-state index in [1.807, 2.05) is 43.4 Å². The Bertz CT molecular complexity index is 1610. The zero-order valence-electron chi connectivity index (χ0n) is 22.4. The predicted molar refractivity (Wildman–Crippen MR) is 165 cm³/mol. The third-order valence-corrected chi connectivity index (χ3v) is 9.56. The first kappa shape index (κ1) is 26.6. The zero-order valence-corrected chi connectivity index (χ0v) is 24.0. The molecule has 1 amide bonds. The number of nitrogens with zero attached hydrogens (tertiary/aromatic N) is 3. The summed E-state index contributed by atoms with van der Waals surface area (Å²) in [7, 11) is 2.02. The van der Waals surface area contributed by atoms with Gasteiger partial charge in [-0.15, -0.1) is 11.3 Å². The Hall–Kier alpha value is -3.58. The Morgan fingerprint density at radius 2 is 1.73 bits per heavy atom. The molecule has 2 heterocycles. The van der Waals surface area contributed by atoms with E-state index in [0.29, 0.717) is 22.5 Å². The number of aromatic nitrogens is 2. The fraction of sp³-hybridized carbons (Fsp3) is 0.242. The molecule has 0 spiro atoms. The Morgan fingerprint density at radius 1 is 0.950 bits per heavy atom. The van der Waals surface area contributed by atoms with E-state index in [1.165, 1.54) is 11.3 Å². The number of halogens is 1. The van der Waals surface area contributed by atoms with Crippen LogP contribution in [0.4, 0.5) is 0 Å². The van der Waals surface area contributed by atoms with Crippen molar-refractivity contribution >= 4 is 38.9 Å². The van der Waals surface area contributed by atoms with Crippen LogP contribution in [0, 0.1) is 0 Å². The van der Waals surface area contributed by atoms with Crippen LogP contribution >= 0.6 is 22.9 Å². The molecule has 1 fully saturated rings. The number of fused-ring (bicyclic) bond motifs is 1. The molecular formula is C33H31ClN4OS. The Balaban J connectivity index is 1.27. The fourth-order valence-electron chi connectivity index (χ4n) is 5.63. The van der Waals surface area contributed by atoms with Gasteiger partial charge in [0.05, 0.1) is 16.9 Å². The van der Waals surface area contributed by atoms with Crippen molar-refractivity contribution in [3.05, 3.63) is 107 Å². The smallest absolute Gasteiger partial charge is 0.266 e. The molecule has 7 heteroatoms. The van der Waals surface area contributed by atoms with Crippen LogP contribution in [-0.2, 0) is 6.54 Å². The largest absolute Gasteiger partial charge is 0.331 e. The molecule has 0 unspecified atom stereocenters. The van der Waals surface area contributed by atoms with Gasteiger partial charge < -0.3 is 10.2 Å². The van der Waals surface area contributed by atoms with E-state index < -0.39 is 0 Å². The molecule has 1 N–H and O–H groups in total. The van der Waals surface area contributed by atoms with Gasteiger partial charge in [0.15, 0.2) is 0 Å². The minimum atomic E-state index is 0.0276. The van der Waals surface area contributed by atoms with E-state index >= 15 is 0 Å². The highest BCUT2D eigenvalue weighted by Crippen LogP contribution is 2.37. The number of carbonyl (C=O) groups excluding carboxylic acids is 1. The molecule has 0 bridgehead atoms. The summed E-state index contributed by atoms with van der Waals surface area (Å²) < 4.78 is 1.04. The normalized spacial score (nSPS) is 17.1. The van der Waals surface area contributed by atoms with Crippen molar-refractivity contribution in [3.63, 3.8) is 0 Å². The number of amides is 1. The van der Waals surface area contributed by atoms with Gasteiger partial charge in [0.1, 0.15) is 4.88 Å². The second-order valence-corrected chi connectivity index (χ2v) is 11.8. The van der Waals surface area contributed by atoms with Crippen molar-refractivity contribution in [2.45, 2.75) is 44.3 Å². The second-order valence-electron chi connectivity index (χ2n) is 10.3. The maximum absolute atomic E-state index is 14.1. The summed E-state index contributed by atoms with van der Waals surface area (Å²) in [5, 5.41) is 4.92. The lowest BCUT2D eigenvalue weighted by Gasteiger charge is -2.37. The fourth-order valence-corrected chi connectivity index (χ4v) is 7.10. The van der Waals surface area contributed by atoms with Gasteiger partial charge in [-0.25, -0.2) is 0 Å². The van der Waals surface area contributed by atoms with Gasteiger partial charge in [-0.2, -0.15) is 0 Å². The Morgan fingerprint density at radius 3 is 2.45 bits per heavy atom. The lowest BCUT2D eigenvalue weighted by atomic mass is 9.89. The number of benzene rings is 3. The van der Waals surface area contributed by atoms with Gasteiger partial charge in [0.2, 0.25) is 0 Å². The number of thiophene rings is 1. The van der Waals surface area contributed by atoms with E-state index in [-0.39, 0.29) is 11.9 Å². The van der Waals surface area contributed by atoms with Crippen molar-refractivity contribution in [3.8, 4) is 22.4 Å². The van der Waals surface area contributed by atoms with Crippen molar-refractivity contribution in [1.82, 2.24) is 20.2 Å². The molecular weight excluding hydrogens is 536 g/mol. The summed E-state index contributed by atoms with van der Waals surface area (Å²) in [5.74, 6) is 0.0276. The van der Waals surface area contributed by atoms with Crippen LogP contribution in [-0.4, -0.2) is 39.9 Å². The monoisotopic (exact) mass is 566 g/mol. The standard InChI is InChI=1S/C33H31ClN4OS/c1-35-26-13-15-27(16-14-26)38(33(39)32-31(34)28-7-2-3-8-30(28)40-32)21-22-9-11-23(12-10-22)24-5-4-6-25(19-24)29-20-36-17-18-37-29/h2-12,17-20,26-27,35H,13-16,21H2,1H3. The second kappa shape index (κ2) is 11.9. The molecule has 0 radical (unpaired) electrons. The van der Waals surface area contributed by atoms with Crippen LogP contribution in [0.3, 0.4) is 0 Å². The quantitative estimate of drug-likeness (QED) is 0.218. The molecule has 40 heavy (non-hydrogen) atoms. The van der Waals surface area contributed by atoms with E-state index in [4.69, 9.17) is 11.6 Å². The first-order valence-electron chi connectivity index (χ1n) is 13.7. The van der Waals surface area contributed by atoms with Crippen LogP contribution in [0.15, 0.2) is 91.4 Å². The molecule has 0 aliphatic heterocycles. The van der Waals surface area contributed by atoms with Gasteiger partial charge in [-0.05, 0) is 61.6 Å². The molecule has 0 saturated heterocycles. The van der Waals surface area contributed by atoms with E-state index in [2.05, 4.69) is 56.6 Å². The molecule has 2 aromatic heterocycles. The Labute approximate surface area is 243 Å². The number of carbonyl (C=O) groups is 1. The highest BCUT2D eigenvalue weighted by Gasteiger charge is 2.31. The first-order chi connectivity index (χ1) is 19.6. The summed E-state index contributed by atoms with van der Waals surface area (Å²) in [4.78, 5) is 25.4. The predicted octanol–water partition coefficient (Wildman–Crippen LogP) is 7.85. The molecule has 1 aliphatic rings. The number of nitrogens with one attached hydrogen (secondary N) is 1. The molecule has 3 aromatic carbocycles. The third kappa shape index (κ3) is 5.52. The summed E-state index contributed by atoms with van der Waals surface area (Å²) >= 11 is 8.27. The highest BCUT2D eigenvalue weighted by atomic mass is 35.5. The highest BCUT2D eigenvalue weighted by molar-refractivity contribution is 7.21. The van der Waals surface area contributed by atoms with Crippen molar-refractivity contribution in [2.24, 2.45) is 0 Å². The van der Waals surface area contributed by atoms with Gasteiger partial charge in [0.25, 0.3) is 5.91 Å². The van der Waals surface area contributed by atoms with Gasteiger partial charge >= 0.3 is 0 Å². The van der Waals surface area contributed by atoms with Gasteiger partial charge in [0, 0.05) is 46.7 Å². The van der Waals surface area contributed by atoms with E-state index in [1.54, 1.807) is 18.6 Å². The summed E-state index contributed by atoms with van der Waals surface area (Å²) in [5.41, 5.74) is 5.22. The van der Waals surface area contributed by atoms with E-state index in [0.717, 1.165) is 63.7 Å². The first-order valence-corrected chi connectivity index (χ1v) is 14.9. The van der Waals surface area contributed by atoms with E-state index in [9.17, 15) is 4.79 Å². The lowest BCUT2D eigenvalue weighted by molar-refractivity contribution is 0.0606. The molecule has 0 atom stereocenters. The van der Waals surface area contributed by atoms with Crippen molar-refractivity contribution in [2.75, 3.05) is 7.05 Å². The molecule has 1 saturated carbocycles. The van der Waals surface area contributed by atoms with Crippen molar-refractivity contribution < 1.29 is 4.79 Å². The maximum atomic E-state index is 14.1. The zero-order chi connectivity index (χ0) is 27.5. The number of rotatable bonds is 7. The average Bonchev–Trinajstić information content (AvgIpc) is 3.36. The average molecular weight is 567 g/mol. The molecule has 202 valence electrons. The van der Waals surface area contributed by atoms with Crippen molar-refractivity contribution in [1.29, 1.82) is 0 Å². The summed E-state index contributed by atoms with van der Waals surface area (Å²) in [6.45, 7) is 0.554. The lowest BCUT2D eigenvalue weighted by Crippen LogP contribution is -2.44. The van der Waals surface area contributed by atoms with Gasteiger partial charge in [-0.3, -0.25) is 14.8 Å². The van der Waals surface area contributed by atoms with Crippen LogP contribution in [0.2, 0.25) is 5.02 Å². The molecule has 1 aliphatic carbocycles. The third-order valence-electron chi connectivity index (χ3n) is 7.90.